The predicted octanol–water partition coefficient (Wildman–Crippen LogP) is 1.83. The minimum atomic E-state index is -0.0552. The third-order valence-corrected chi connectivity index (χ3v) is 3.02. The van der Waals surface area contributed by atoms with E-state index >= 15 is 0 Å². The second-order valence-electron chi connectivity index (χ2n) is 4.04. The molecule has 0 fully saturated rings. The van der Waals surface area contributed by atoms with E-state index in [4.69, 9.17) is 11.6 Å². The highest BCUT2D eigenvalue weighted by Crippen LogP contribution is 2.38. The second-order valence-corrected chi connectivity index (χ2v) is 4.45. The fraction of sp³-hybridized carbons (Fsp3) is 0.500. The molecule has 2 nitrogen and oxygen atoms in total. The Balaban J connectivity index is 2.40. The van der Waals surface area contributed by atoms with Crippen LogP contribution >= 0.6 is 11.6 Å². The predicted molar refractivity (Wildman–Crippen MR) is 51.8 cm³/mol. The summed E-state index contributed by atoms with van der Waals surface area (Å²) in [5.74, 6) is 0. The zero-order valence-corrected chi connectivity index (χ0v) is 8.30. The Labute approximate surface area is 82.6 Å². The number of aromatic nitrogens is 1. The lowest BCUT2D eigenvalue weighted by molar-refractivity contribution is 0.151. The first-order valence-corrected chi connectivity index (χ1v) is 4.75. The molecule has 1 aliphatic carbocycles. The largest absolute Gasteiger partial charge is 0.396 e. The Morgan fingerprint density at radius 1 is 1.62 bits per heavy atom. The van der Waals surface area contributed by atoms with E-state index in [-0.39, 0.29) is 12.0 Å². The Hall–Kier alpha value is -0.600. The fourth-order valence-corrected chi connectivity index (χ4v) is 2.09. The van der Waals surface area contributed by atoms with Gasteiger partial charge in [0.1, 0.15) is 0 Å². The van der Waals surface area contributed by atoms with Gasteiger partial charge in [-0.3, -0.25) is 4.98 Å². The number of aliphatic hydroxyl groups is 1. The van der Waals surface area contributed by atoms with E-state index in [0.29, 0.717) is 0 Å². The van der Waals surface area contributed by atoms with E-state index in [0.717, 1.165) is 29.1 Å². The number of pyridine rings is 1. The number of rotatable bonds is 1. The Morgan fingerprint density at radius 2 is 2.38 bits per heavy atom. The Bertz CT molecular complexity index is 340. The molecule has 1 atom stereocenters. The standard InChI is InChI=1S/C10H12ClNO/c1-10(6-13)4-7-8(11)2-3-12-9(7)5-10/h2-3,13H,4-6H2,1H3. The van der Waals surface area contributed by atoms with Crippen molar-refractivity contribution in [1.82, 2.24) is 4.98 Å². The van der Waals surface area contributed by atoms with Gasteiger partial charge in [0.25, 0.3) is 0 Å². The number of hydrogen-bond donors (Lipinski definition) is 1. The maximum Gasteiger partial charge on any atom is 0.0491 e. The van der Waals surface area contributed by atoms with Gasteiger partial charge in [-0.2, -0.15) is 0 Å². The van der Waals surface area contributed by atoms with Gasteiger partial charge in [-0.15, -0.1) is 0 Å². The maximum atomic E-state index is 9.22. The van der Waals surface area contributed by atoms with Crippen molar-refractivity contribution in [2.24, 2.45) is 5.41 Å². The molecule has 1 aliphatic rings. The highest BCUT2D eigenvalue weighted by molar-refractivity contribution is 6.31. The molecule has 1 aromatic rings. The van der Waals surface area contributed by atoms with Crippen LogP contribution in [0.2, 0.25) is 5.02 Å². The summed E-state index contributed by atoms with van der Waals surface area (Å²) >= 11 is 6.03. The Morgan fingerprint density at radius 3 is 3.00 bits per heavy atom. The molecule has 70 valence electrons. The molecule has 0 bridgehead atoms. The molecule has 13 heavy (non-hydrogen) atoms. The number of hydrogen-bond acceptors (Lipinski definition) is 2. The van der Waals surface area contributed by atoms with Gasteiger partial charge in [0.05, 0.1) is 0 Å². The first kappa shape index (κ1) is 8.97. The van der Waals surface area contributed by atoms with Gasteiger partial charge < -0.3 is 5.11 Å². The monoisotopic (exact) mass is 197 g/mol. The van der Waals surface area contributed by atoms with Crippen molar-refractivity contribution in [3.63, 3.8) is 0 Å². The molecule has 0 saturated carbocycles. The highest BCUT2D eigenvalue weighted by Gasteiger charge is 2.34. The SMILES string of the molecule is CC1(CO)Cc2nccc(Cl)c2C1. The van der Waals surface area contributed by atoms with Crippen LogP contribution in [0.1, 0.15) is 18.2 Å². The van der Waals surface area contributed by atoms with Gasteiger partial charge in [-0.05, 0) is 24.5 Å². The van der Waals surface area contributed by atoms with Crippen LogP contribution in [0, 0.1) is 5.41 Å². The summed E-state index contributed by atoms with van der Waals surface area (Å²) in [5.41, 5.74) is 2.10. The zero-order valence-electron chi connectivity index (χ0n) is 7.55. The van der Waals surface area contributed by atoms with Crippen molar-refractivity contribution in [3.8, 4) is 0 Å². The maximum absolute atomic E-state index is 9.22. The van der Waals surface area contributed by atoms with Gasteiger partial charge in [0.15, 0.2) is 0 Å². The van der Waals surface area contributed by atoms with Crippen LogP contribution < -0.4 is 0 Å². The van der Waals surface area contributed by atoms with Gasteiger partial charge in [0, 0.05) is 28.9 Å². The summed E-state index contributed by atoms with van der Waals surface area (Å²) in [4.78, 5) is 4.27. The zero-order chi connectivity index (χ0) is 9.47. The average molecular weight is 198 g/mol. The first-order chi connectivity index (χ1) is 6.14. The third kappa shape index (κ3) is 1.45. The normalized spacial score (nSPS) is 26.1. The smallest absolute Gasteiger partial charge is 0.0491 e. The second kappa shape index (κ2) is 2.96. The molecule has 1 heterocycles. The minimum Gasteiger partial charge on any atom is -0.396 e. The Kier molecular flexibility index (Phi) is 2.05. The summed E-state index contributed by atoms with van der Waals surface area (Å²) in [7, 11) is 0. The molecular weight excluding hydrogens is 186 g/mol. The van der Waals surface area contributed by atoms with Crippen molar-refractivity contribution in [3.05, 3.63) is 28.5 Å². The minimum absolute atomic E-state index is 0.0552. The van der Waals surface area contributed by atoms with Crippen LogP contribution in [0.25, 0.3) is 0 Å². The lowest BCUT2D eigenvalue weighted by atomic mass is 9.89. The van der Waals surface area contributed by atoms with Crippen LogP contribution in [-0.2, 0) is 12.8 Å². The number of nitrogens with zero attached hydrogens (tertiary/aromatic N) is 1. The number of fused-ring (bicyclic) bond motifs is 1. The lowest BCUT2D eigenvalue weighted by Gasteiger charge is -2.18. The molecule has 0 saturated heterocycles. The van der Waals surface area contributed by atoms with Crippen LogP contribution in [-0.4, -0.2) is 16.7 Å². The van der Waals surface area contributed by atoms with E-state index in [1.165, 1.54) is 0 Å². The van der Waals surface area contributed by atoms with E-state index in [9.17, 15) is 5.11 Å². The summed E-state index contributed by atoms with van der Waals surface area (Å²) in [6.07, 6.45) is 3.40. The van der Waals surface area contributed by atoms with Crippen LogP contribution in [0.5, 0.6) is 0 Å². The molecule has 0 aromatic carbocycles. The molecule has 3 heteroatoms. The van der Waals surface area contributed by atoms with E-state index in [1.54, 1.807) is 6.20 Å². The van der Waals surface area contributed by atoms with Crippen LogP contribution in [0.15, 0.2) is 12.3 Å². The topological polar surface area (TPSA) is 33.1 Å². The third-order valence-electron chi connectivity index (χ3n) is 2.67. The molecule has 2 rings (SSSR count). The van der Waals surface area contributed by atoms with E-state index in [2.05, 4.69) is 11.9 Å². The highest BCUT2D eigenvalue weighted by atomic mass is 35.5. The molecule has 1 aromatic heterocycles. The van der Waals surface area contributed by atoms with E-state index < -0.39 is 0 Å². The molecular formula is C10H12ClNO. The van der Waals surface area contributed by atoms with Crippen molar-refractivity contribution >= 4 is 11.6 Å². The number of halogens is 1. The van der Waals surface area contributed by atoms with Gasteiger partial charge >= 0.3 is 0 Å². The summed E-state index contributed by atoms with van der Waals surface area (Å²) in [6, 6.07) is 1.81. The average Bonchev–Trinajstić information content (AvgIpc) is 2.45. The lowest BCUT2D eigenvalue weighted by Crippen LogP contribution is -2.21. The van der Waals surface area contributed by atoms with Crippen LogP contribution in [0.4, 0.5) is 0 Å². The van der Waals surface area contributed by atoms with Crippen LogP contribution in [0.3, 0.4) is 0 Å². The van der Waals surface area contributed by atoms with Crippen molar-refractivity contribution < 1.29 is 5.11 Å². The molecule has 1 N–H and O–H groups in total. The van der Waals surface area contributed by atoms with Crippen molar-refractivity contribution in [1.29, 1.82) is 0 Å². The van der Waals surface area contributed by atoms with Gasteiger partial charge in [-0.1, -0.05) is 18.5 Å². The summed E-state index contributed by atoms with van der Waals surface area (Å²) < 4.78 is 0. The quantitative estimate of drug-likeness (QED) is 0.745. The first-order valence-electron chi connectivity index (χ1n) is 4.38. The molecule has 1 unspecified atom stereocenters. The fourth-order valence-electron chi connectivity index (χ4n) is 1.85. The van der Waals surface area contributed by atoms with Crippen molar-refractivity contribution in [2.45, 2.75) is 19.8 Å². The summed E-state index contributed by atoms with van der Waals surface area (Å²) in [6.45, 7) is 2.25. The molecule has 0 radical (unpaired) electrons. The van der Waals surface area contributed by atoms with Gasteiger partial charge in [-0.25, -0.2) is 0 Å². The summed E-state index contributed by atoms with van der Waals surface area (Å²) in [5, 5.41) is 10.00. The van der Waals surface area contributed by atoms with E-state index in [1.807, 2.05) is 6.07 Å². The molecule has 0 amide bonds. The van der Waals surface area contributed by atoms with Gasteiger partial charge in [0.2, 0.25) is 0 Å². The molecule has 0 aliphatic heterocycles. The molecule has 0 spiro atoms. The van der Waals surface area contributed by atoms with Crippen molar-refractivity contribution in [2.75, 3.05) is 6.61 Å². The number of aliphatic hydroxyl groups excluding tert-OH is 1.